The summed E-state index contributed by atoms with van der Waals surface area (Å²) < 4.78 is 11.5. The first-order chi connectivity index (χ1) is 6.32. The second-order valence-corrected chi connectivity index (χ2v) is 4.46. The summed E-state index contributed by atoms with van der Waals surface area (Å²) in [7, 11) is 0. The van der Waals surface area contributed by atoms with Gasteiger partial charge in [0.2, 0.25) is 0 Å². The van der Waals surface area contributed by atoms with Crippen LogP contribution in [0, 0.1) is 11.8 Å². The standard InChI is InChI=1S/C10H16O3/c11-9-2-1-8-7(9)3-4-10(8)12-5-6-13-10/h7-9,11H,1-6H2. The van der Waals surface area contributed by atoms with Gasteiger partial charge in [-0.3, -0.25) is 0 Å². The Kier molecular flexibility index (Phi) is 1.70. The molecule has 1 spiro atoms. The molecule has 1 saturated heterocycles. The number of ether oxygens (including phenoxy) is 2. The van der Waals surface area contributed by atoms with Gasteiger partial charge in [0.1, 0.15) is 0 Å². The third-order valence-corrected chi connectivity index (χ3v) is 3.95. The summed E-state index contributed by atoms with van der Waals surface area (Å²) in [5, 5.41) is 9.73. The lowest BCUT2D eigenvalue weighted by Crippen LogP contribution is -2.35. The van der Waals surface area contributed by atoms with E-state index in [1.165, 1.54) is 0 Å². The lowest BCUT2D eigenvalue weighted by atomic mass is 9.96. The number of fused-ring (bicyclic) bond motifs is 2. The molecule has 13 heavy (non-hydrogen) atoms. The summed E-state index contributed by atoms with van der Waals surface area (Å²) in [6.45, 7) is 1.47. The van der Waals surface area contributed by atoms with Crippen LogP contribution in [0.2, 0.25) is 0 Å². The average Bonchev–Trinajstić information content (AvgIpc) is 2.76. The summed E-state index contributed by atoms with van der Waals surface area (Å²) in [4.78, 5) is 0. The lowest BCUT2D eigenvalue weighted by Gasteiger charge is -2.28. The highest BCUT2D eigenvalue weighted by Gasteiger charge is 2.56. The summed E-state index contributed by atoms with van der Waals surface area (Å²) in [5.74, 6) is 0.616. The largest absolute Gasteiger partial charge is 0.393 e. The van der Waals surface area contributed by atoms with Crippen molar-refractivity contribution in [2.45, 2.75) is 37.6 Å². The van der Waals surface area contributed by atoms with E-state index in [-0.39, 0.29) is 11.9 Å². The Morgan fingerprint density at radius 1 is 1.08 bits per heavy atom. The molecule has 0 radical (unpaired) electrons. The molecule has 74 valence electrons. The second-order valence-electron chi connectivity index (χ2n) is 4.46. The third-order valence-electron chi connectivity index (χ3n) is 3.95. The SMILES string of the molecule is OC1CCC2C1CCC21OCCO1. The smallest absolute Gasteiger partial charge is 0.171 e. The Hall–Kier alpha value is -0.120. The van der Waals surface area contributed by atoms with E-state index in [1.54, 1.807) is 0 Å². The monoisotopic (exact) mass is 184 g/mol. The summed E-state index contributed by atoms with van der Waals surface area (Å²) in [6.07, 6.45) is 3.97. The van der Waals surface area contributed by atoms with E-state index in [1.807, 2.05) is 0 Å². The van der Waals surface area contributed by atoms with E-state index in [0.29, 0.717) is 11.8 Å². The van der Waals surface area contributed by atoms with Gasteiger partial charge in [0.05, 0.1) is 19.3 Å². The van der Waals surface area contributed by atoms with Crippen LogP contribution in [0.3, 0.4) is 0 Å². The normalized spacial score (nSPS) is 47.3. The molecular weight excluding hydrogens is 168 g/mol. The van der Waals surface area contributed by atoms with Crippen molar-refractivity contribution in [3.8, 4) is 0 Å². The molecule has 2 aliphatic carbocycles. The van der Waals surface area contributed by atoms with E-state index in [0.717, 1.165) is 38.9 Å². The first kappa shape index (κ1) is 8.21. The zero-order valence-corrected chi connectivity index (χ0v) is 7.74. The Balaban J connectivity index is 1.85. The van der Waals surface area contributed by atoms with E-state index in [2.05, 4.69) is 0 Å². The third kappa shape index (κ3) is 1.01. The van der Waals surface area contributed by atoms with E-state index in [4.69, 9.17) is 9.47 Å². The van der Waals surface area contributed by atoms with Crippen LogP contribution in [0.1, 0.15) is 25.7 Å². The van der Waals surface area contributed by atoms with Crippen LogP contribution in [-0.4, -0.2) is 30.2 Å². The molecule has 0 aromatic carbocycles. The molecule has 0 amide bonds. The van der Waals surface area contributed by atoms with Crippen molar-refractivity contribution < 1.29 is 14.6 Å². The zero-order chi connectivity index (χ0) is 8.89. The maximum Gasteiger partial charge on any atom is 0.171 e. The number of aliphatic hydroxyl groups is 1. The molecule has 3 atom stereocenters. The molecule has 3 heteroatoms. The number of hydrogen-bond acceptors (Lipinski definition) is 3. The van der Waals surface area contributed by atoms with Gasteiger partial charge in [-0.15, -0.1) is 0 Å². The molecule has 0 bridgehead atoms. The fourth-order valence-electron chi connectivity index (χ4n) is 3.37. The van der Waals surface area contributed by atoms with Crippen molar-refractivity contribution in [2.24, 2.45) is 11.8 Å². The minimum absolute atomic E-state index is 0.0998. The van der Waals surface area contributed by atoms with Crippen LogP contribution in [0.15, 0.2) is 0 Å². The Morgan fingerprint density at radius 2 is 1.85 bits per heavy atom. The van der Waals surface area contributed by atoms with Crippen LogP contribution in [0.4, 0.5) is 0 Å². The molecule has 3 fully saturated rings. The minimum Gasteiger partial charge on any atom is -0.393 e. The molecule has 1 aliphatic heterocycles. The highest BCUT2D eigenvalue weighted by Crippen LogP contribution is 2.53. The van der Waals surface area contributed by atoms with Crippen molar-refractivity contribution in [2.75, 3.05) is 13.2 Å². The summed E-state index contributed by atoms with van der Waals surface area (Å²) >= 11 is 0. The fourth-order valence-corrected chi connectivity index (χ4v) is 3.37. The molecule has 2 saturated carbocycles. The predicted octanol–water partition coefficient (Wildman–Crippen LogP) is 0.910. The molecule has 0 aromatic heterocycles. The van der Waals surface area contributed by atoms with E-state index < -0.39 is 0 Å². The molecular formula is C10H16O3. The number of rotatable bonds is 0. The second kappa shape index (κ2) is 2.69. The molecule has 1 N–H and O–H groups in total. The van der Waals surface area contributed by atoms with Gasteiger partial charge < -0.3 is 14.6 Å². The van der Waals surface area contributed by atoms with Gasteiger partial charge in [0.15, 0.2) is 5.79 Å². The van der Waals surface area contributed by atoms with Gasteiger partial charge in [-0.1, -0.05) is 0 Å². The Bertz CT molecular complexity index is 210. The van der Waals surface area contributed by atoms with E-state index in [9.17, 15) is 5.11 Å². The highest BCUT2D eigenvalue weighted by molar-refractivity contribution is 5.00. The van der Waals surface area contributed by atoms with Crippen LogP contribution in [0.5, 0.6) is 0 Å². The van der Waals surface area contributed by atoms with Crippen LogP contribution < -0.4 is 0 Å². The van der Waals surface area contributed by atoms with Crippen LogP contribution >= 0.6 is 0 Å². The molecule has 3 unspecified atom stereocenters. The summed E-state index contributed by atoms with van der Waals surface area (Å²) in [5.41, 5.74) is 0. The number of hydrogen-bond donors (Lipinski definition) is 1. The van der Waals surface area contributed by atoms with Gasteiger partial charge in [-0.25, -0.2) is 0 Å². The van der Waals surface area contributed by atoms with Gasteiger partial charge in [-0.05, 0) is 25.2 Å². The molecule has 3 rings (SSSR count). The molecule has 3 aliphatic rings. The Labute approximate surface area is 78.0 Å². The molecule has 3 nitrogen and oxygen atoms in total. The summed E-state index contributed by atoms with van der Waals surface area (Å²) in [6, 6.07) is 0. The number of aliphatic hydroxyl groups excluding tert-OH is 1. The van der Waals surface area contributed by atoms with Gasteiger partial charge in [0, 0.05) is 12.3 Å². The molecule has 0 aromatic rings. The highest BCUT2D eigenvalue weighted by atomic mass is 16.7. The minimum atomic E-state index is -0.290. The van der Waals surface area contributed by atoms with Crippen molar-refractivity contribution in [1.29, 1.82) is 0 Å². The van der Waals surface area contributed by atoms with Crippen LogP contribution in [0.25, 0.3) is 0 Å². The van der Waals surface area contributed by atoms with Crippen molar-refractivity contribution >= 4 is 0 Å². The van der Waals surface area contributed by atoms with Gasteiger partial charge in [0.25, 0.3) is 0 Å². The zero-order valence-electron chi connectivity index (χ0n) is 7.74. The van der Waals surface area contributed by atoms with Crippen molar-refractivity contribution in [1.82, 2.24) is 0 Å². The fraction of sp³-hybridized carbons (Fsp3) is 1.00. The average molecular weight is 184 g/mol. The van der Waals surface area contributed by atoms with E-state index >= 15 is 0 Å². The topological polar surface area (TPSA) is 38.7 Å². The first-order valence-corrected chi connectivity index (χ1v) is 5.28. The quantitative estimate of drug-likeness (QED) is 0.608. The van der Waals surface area contributed by atoms with Crippen molar-refractivity contribution in [3.63, 3.8) is 0 Å². The van der Waals surface area contributed by atoms with Gasteiger partial charge in [-0.2, -0.15) is 0 Å². The first-order valence-electron chi connectivity index (χ1n) is 5.28. The predicted molar refractivity (Wildman–Crippen MR) is 46.1 cm³/mol. The Morgan fingerprint density at radius 3 is 2.62 bits per heavy atom. The maximum absolute atomic E-state index is 9.73. The maximum atomic E-state index is 9.73. The van der Waals surface area contributed by atoms with Crippen molar-refractivity contribution in [3.05, 3.63) is 0 Å². The van der Waals surface area contributed by atoms with Gasteiger partial charge >= 0.3 is 0 Å². The lowest BCUT2D eigenvalue weighted by molar-refractivity contribution is -0.184. The van der Waals surface area contributed by atoms with Crippen LogP contribution in [-0.2, 0) is 9.47 Å². The molecule has 1 heterocycles.